The summed E-state index contributed by atoms with van der Waals surface area (Å²) in [4.78, 5) is 11.8. The standard InChI is InChI=1S/C18H30N2O3/c1-13(2)15(11-20-17(22)23-18(3,4)5)10-19-16-8-6-7-14(9-16)12-21/h6-9,13,15,19,21H,10-12H2,1-5H3,(H,20,22). The fraction of sp³-hybridized carbons (Fsp3) is 0.611. The molecule has 0 fully saturated rings. The van der Waals surface area contributed by atoms with Crippen molar-refractivity contribution in [3.63, 3.8) is 0 Å². The second-order valence-electron chi connectivity index (χ2n) is 7.13. The molecule has 1 atom stereocenters. The van der Waals surface area contributed by atoms with Gasteiger partial charge in [0.2, 0.25) is 0 Å². The van der Waals surface area contributed by atoms with E-state index < -0.39 is 5.60 Å². The maximum Gasteiger partial charge on any atom is 0.407 e. The van der Waals surface area contributed by atoms with E-state index in [1.54, 1.807) is 0 Å². The van der Waals surface area contributed by atoms with Crippen LogP contribution in [0.2, 0.25) is 0 Å². The zero-order valence-corrected chi connectivity index (χ0v) is 14.8. The van der Waals surface area contributed by atoms with Crippen molar-refractivity contribution in [2.45, 2.75) is 46.8 Å². The lowest BCUT2D eigenvalue weighted by molar-refractivity contribution is 0.0516. The van der Waals surface area contributed by atoms with Crippen molar-refractivity contribution in [1.82, 2.24) is 5.32 Å². The molecule has 0 bridgehead atoms. The molecular weight excluding hydrogens is 292 g/mol. The maximum atomic E-state index is 11.8. The van der Waals surface area contributed by atoms with Crippen LogP contribution < -0.4 is 10.6 Å². The number of nitrogens with one attached hydrogen (secondary N) is 2. The van der Waals surface area contributed by atoms with E-state index in [1.165, 1.54) is 0 Å². The molecule has 1 amide bonds. The van der Waals surface area contributed by atoms with Gasteiger partial charge in [0.05, 0.1) is 6.61 Å². The highest BCUT2D eigenvalue weighted by atomic mass is 16.6. The van der Waals surface area contributed by atoms with Crippen molar-refractivity contribution in [2.24, 2.45) is 11.8 Å². The average Bonchev–Trinajstić information content (AvgIpc) is 2.45. The minimum absolute atomic E-state index is 0.0311. The number of benzene rings is 1. The Hall–Kier alpha value is -1.75. The molecule has 0 radical (unpaired) electrons. The number of alkyl carbamates (subject to hydrolysis) is 1. The first-order valence-electron chi connectivity index (χ1n) is 8.12. The second-order valence-corrected chi connectivity index (χ2v) is 7.13. The van der Waals surface area contributed by atoms with Crippen LogP contribution in [0, 0.1) is 11.8 Å². The number of aliphatic hydroxyl groups is 1. The fourth-order valence-electron chi connectivity index (χ4n) is 2.10. The molecule has 0 aliphatic heterocycles. The Bertz CT molecular complexity index is 495. The molecule has 130 valence electrons. The molecule has 0 spiro atoms. The van der Waals surface area contributed by atoms with E-state index in [0.29, 0.717) is 12.5 Å². The van der Waals surface area contributed by atoms with Gasteiger partial charge in [-0.15, -0.1) is 0 Å². The van der Waals surface area contributed by atoms with Crippen LogP contribution in [0.15, 0.2) is 24.3 Å². The van der Waals surface area contributed by atoms with E-state index in [-0.39, 0.29) is 18.6 Å². The van der Waals surface area contributed by atoms with Crippen molar-refractivity contribution in [3.8, 4) is 0 Å². The Morgan fingerprint density at radius 1 is 1.26 bits per heavy atom. The summed E-state index contributed by atoms with van der Waals surface area (Å²) in [6.45, 7) is 11.1. The normalized spacial score (nSPS) is 12.8. The number of ether oxygens (including phenoxy) is 1. The molecule has 23 heavy (non-hydrogen) atoms. The third kappa shape index (κ3) is 7.88. The van der Waals surface area contributed by atoms with Gasteiger partial charge in [-0.3, -0.25) is 0 Å². The van der Waals surface area contributed by atoms with Crippen molar-refractivity contribution >= 4 is 11.8 Å². The van der Waals surface area contributed by atoms with Crippen molar-refractivity contribution in [3.05, 3.63) is 29.8 Å². The summed E-state index contributed by atoms with van der Waals surface area (Å²) in [7, 11) is 0. The molecule has 0 aliphatic carbocycles. The first-order valence-corrected chi connectivity index (χ1v) is 8.12. The molecule has 1 rings (SSSR count). The summed E-state index contributed by atoms with van der Waals surface area (Å²) < 4.78 is 5.26. The quantitative estimate of drug-likeness (QED) is 0.719. The van der Waals surface area contributed by atoms with E-state index in [1.807, 2.05) is 45.0 Å². The van der Waals surface area contributed by atoms with Crippen LogP contribution >= 0.6 is 0 Å². The van der Waals surface area contributed by atoms with Gasteiger partial charge >= 0.3 is 6.09 Å². The highest BCUT2D eigenvalue weighted by Gasteiger charge is 2.19. The number of amides is 1. The monoisotopic (exact) mass is 322 g/mol. The van der Waals surface area contributed by atoms with Gasteiger partial charge in [0, 0.05) is 18.8 Å². The number of anilines is 1. The van der Waals surface area contributed by atoms with Crippen LogP contribution in [0.4, 0.5) is 10.5 Å². The number of carbonyl (C=O) groups excluding carboxylic acids is 1. The zero-order chi connectivity index (χ0) is 17.5. The zero-order valence-electron chi connectivity index (χ0n) is 14.8. The average molecular weight is 322 g/mol. The highest BCUT2D eigenvalue weighted by Crippen LogP contribution is 2.15. The fourth-order valence-corrected chi connectivity index (χ4v) is 2.10. The molecule has 1 aromatic carbocycles. The van der Waals surface area contributed by atoms with Gasteiger partial charge < -0.3 is 20.5 Å². The first-order chi connectivity index (χ1) is 10.7. The summed E-state index contributed by atoms with van der Waals surface area (Å²) in [5.74, 6) is 0.693. The van der Waals surface area contributed by atoms with E-state index in [0.717, 1.165) is 17.8 Å². The Morgan fingerprint density at radius 3 is 2.52 bits per heavy atom. The van der Waals surface area contributed by atoms with Crippen LogP contribution in [-0.2, 0) is 11.3 Å². The number of hydrogen-bond donors (Lipinski definition) is 3. The van der Waals surface area contributed by atoms with Crippen molar-refractivity contribution in [2.75, 3.05) is 18.4 Å². The Kier molecular flexibility index (Phi) is 7.36. The van der Waals surface area contributed by atoms with Crippen molar-refractivity contribution < 1.29 is 14.6 Å². The number of carbonyl (C=O) groups is 1. The Balaban J connectivity index is 2.50. The molecule has 1 aromatic rings. The molecule has 0 aromatic heterocycles. The Morgan fingerprint density at radius 2 is 1.96 bits per heavy atom. The first kappa shape index (κ1) is 19.3. The highest BCUT2D eigenvalue weighted by molar-refractivity contribution is 5.67. The number of rotatable bonds is 7. The second kappa shape index (κ2) is 8.77. The van der Waals surface area contributed by atoms with Crippen LogP contribution in [0.1, 0.15) is 40.2 Å². The molecule has 0 heterocycles. The number of hydrogen-bond acceptors (Lipinski definition) is 4. The summed E-state index contributed by atoms with van der Waals surface area (Å²) in [5.41, 5.74) is 1.36. The van der Waals surface area contributed by atoms with Crippen LogP contribution in [0.25, 0.3) is 0 Å². The molecule has 5 nitrogen and oxygen atoms in total. The minimum Gasteiger partial charge on any atom is -0.444 e. The van der Waals surface area contributed by atoms with Gasteiger partial charge in [-0.05, 0) is 50.3 Å². The van der Waals surface area contributed by atoms with Gasteiger partial charge in [-0.2, -0.15) is 0 Å². The summed E-state index contributed by atoms with van der Waals surface area (Å²) in [6.07, 6.45) is -0.384. The predicted octanol–water partition coefficient (Wildman–Crippen LogP) is 3.39. The lowest BCUT2D eigenvalue weighted by atomic mass is 9.95. The molecule has 1 unspecified atom stereocenters. The molecule has 0 saturated heterocycles. The van der Waals surface area contributed by atoms with E-state index in [4.69, 9.17) is 4.74 Å². The van der Waals surface area contributed by atoms with Gasteiger partial charge in [-0.25, -0.2) is 4.79 Å². The van der Waals surface area contributed by atoms with Crippen LogP contribution in [-0.4, -0.2) is 29.9 Å². The lowest BCUT2D eigenvalue weighted by Crippen LogP contribution is -2.38. The third-order valence-electron chi connectivity index (χ3n) is 3.53. The maximum absolute atomic E-state index is 11.8. The smallest absolute Gasteiger partial charge is 0.407 e. The van der Waals surface area contributed by atoms with E-state index in [2.05, 4.69) is 24.5 Å². The van der Waals surface area contributed by atoms with Gasteiger partial charge in [0.25, 0.3) is 0 Å². The molecule has 3 N–H and O–H groups in total. The molecule has 0 saturated carbocycles. The number of aliphatic hydroxyl groups excluding tert-OH is 1. The predicted molar refractivity (Wildman–Crippen MR) is 93.4 cm³/mol. The lowest BCUT2D eigenvalue weighted by Gasteiger charge is -2.24. The topological polar surface area (TPSA) is 70.6 Å². The van der Waals surface area contributed by atoms with Crippen molar-refractivity contribution in [1.29, 1.82) is 0 Å². The largest absolute Gasteiger partial charge is 0.444 e. The molecular formula is C18H30N2O3. The van der Waals surface area contributed by atoms with E-state index in [9.17, 15) is 9.90 Å². The summed E-state index contributed by atoms with van der Waals surface area (Å²) in [5, 5.41) is 15.4. The third-order valence-corrected chi connectivity index (χ3v) is 3.53. The van der Waals surface area contributed by atoms with Crippen LogP contribution in [0.3, 0.4) is 0 Å². The molecule has 5 heteroatoms. The summed E-state index contributed by atoms with van der Waals surface area (Å²) >= 11 is 0. The van der Waals surface area contributed by atoms with Crippen LogP contribution in [0.5, 0.6) is 0 Å². The summed E-state index contributed by atoms with van der Waals surface area (Å²) in [6, 6.07) is 7.70. The Labute approximate surface area is 139 Å². The SMILES string of the molecule is CC(C)C(CNC(=O)OC(C)(C)C)CNc1cccc(CO)c1. The van der Waals surface area contributed by atoms with Gasteiger partial charge in [-0.1, -0.05) is 26.0 Å². The van der Waals surface area contributed by atoms with Gasteiger partial charge in [0.1, 0.15) is 5.60 Å². The van der Waals surface area contributed by atoms with Gasteiger partial charge in [0.15, 0.2) is 0 Å². The minimum atomic E-state index is -0.486. The molecule has 0 aliphatic rings. The van der Waals surface area contributed by atoms with E-state index >= 15 is 0 Å².